The molecule has 9 heteroatoms. The van der Waals surface area contributed by atoms with Crippen LogP contribution in [0.2, 0.25) is 0 Å². The fraction of sp³-hybridized carbons (Fsp3) is 0.385. The van der Waals surface area contributed by atoms with Gasteiger partial charge in [-0.3, -0.25) is 15.0 Å². The van der Waals surface area contributed by atoms with Crippen LogP contribution in [0.3, 0.4) is 0 Å². The number of nitrogens with one attached hydrogen (secondary N) is 1. The maximum atomic E-state index is 12.1. The predicted octanol–water partition coefficient (Wildman–Crippen LogP) is -0.837. The first-order chi connectivity index (χ1) is 9.97. The third-order valence-electron chi connectivity index (χ3n) is 2.92. The Morgan fingerprint density at radius 3 is 2.23 bits per heavy atom. The minimum absolute atomic E-state index is 0. The summed E-state index contributed by atoms with van der Waals surface area (Å²) in [5, 5.41) is 1.35. The van der Waals surface area contributed by atoms with Crippen molar-refractivity contribution in [3.8, 4) is 0 Å². The molecule has 1 aliphatic heterocycles. The number of hydrogen-bond donors (Lipinski definition) is 1. The average molecular weight is 362 g/mol. The average Bonchev–Trinajstić information content (AvgIpc) is 2.72. The van der Waals surface area contributed by atoms with Crippen molar-refractivity contribution in [2.45, 2.75) is 26.2 Å². The molecule has 1 saturated heterocycles. The molecule has 1 fully saturated rings. The SMILES string of the molecule is CCCCC1C(=O)NN(c2ccccc2)C1=O.[O-]P([O-])[O-].[V+3]. The number of para-hydroxylation sites is 1. The largest absolute Gasteiger partial charge is 3.00 e. The summed E-state index contributed by atoms with van der Waals surface area (Å²) >= 11 is 0. The Labute approximate surface area is 142 Å². The van der Waals surface area contributed by atoms with Crippen molar-refractivity contribution in [1.29, 1.82) is 0 Å². The molecule has 118 valence electrons. The Hall–Kier alpha value is -0.946. The molecule has 1 aromatic rings. The van der Waals surface area contributed by atoms with E-state index in [0.29, 0.717) is 12.1 Å². The summed E-state index contributed by atoms with van der Waals surface area (Å²) in [5.74, 6) is -0.850. The van der Waals surface area contributed by atoms with Crippen molar-refractivity contribution >= 4 is 26.1 Å². The standard InChI is InChI=1S/C13H16N2O2.O3P.V/c1-2-3-9-11-12(16)14-15(13(11)17)10-7-5-4-6-8-10;1-4(2)3;/h4-8,11H,2-3,9H2,1H3,(H,14,16);;/q;-3;+3. The van der Waals surface area contributed by atoms with E-state index < -0.39 is 14.5 Å². The maximum absolute atomic E-state index is 12.1. The minimum atomic E-state index is -3.37. The fourth-order valence-electron chi connectivity index (χ4n) is 1.94. The van der Waals surface area contributed by atoms with Crippen LogP contribution in [0.25, 0.3) is 0 Å². The zero-order valence-electron chi connectivity index (χ0n) is 12.0. The second-order valence-corrected chi connectivity index (χ2v) is 4.85. The first-order valence-electron chi connectivity index (χ1n) is 6.48. The van der Waals surface area contributed by atoms with E-state index in [1.54, 1.807) is 12.1 Å². The van der Waals surface area contributed by atoms with Gasteiger partial charge in [-0.2, -0.15) is 0 Å². The number of amides is 2. The summed E-state index contributed by atoms with van der Waals surface area (Å²) in [4.78, 5) is 49.2. The molecule has 0 radical (unpaired) electrons. The molecule has 0 aliphatic carbocycles. The van der Waals surface area contributed by atoms with E-state index >= 15 is 0 Å². The summed E-state index contributed by atoms with van der Waals surface area (Å²) in [6, 6.07) is 9.17. The summed E-state index contributed by atoms with van der Waals surface area (Å²) in [6.45, 7) is 2.05. The van der Waals surface area contributed by atoms with E-state index in [0.717, 1.165) is 12.8 Å². The molecule has 0 saturated carbocycles. The van der Waals surface area contributed by atoms with Crippen molar-refractivity contribution in [2.75, 3.05) is 5.01 Å². The monoisotopic (exact) mass is 362 g/mol. The second kappa shape index (κ2) is 10.7. The third kappa shape index (κ3) is 6.44. The minimum Gasteiger partial charge on any atom is -0.854 e. The van der Waals surface area contributed by atoms with E-state index in [-0.39, 0.29) is 30.4 Å². The molecular weight excluding hydrogens is 346 g/mol. The van der Waals surface area contributed by atoms with Gasteiger partial charge in [-0.25, -0.2) is 5.01 Å². The smallest absolute Gasteiger partial charge is 0.854 e. The van der Waals surface area contributed by atoms with Crippen LogP contribution in [0.4, 0.5) is 5.69 Å². The van der Waals surface area contributed by atoms with Crippen molar-refractivity contribution in [3.05, 3.63) is 30.3 Å². The van der Waals surface area contributed by atoms with Gasteiger partial charge in [0.2, 0.25) is 0 Å². The Morgan fingerprint density at radius 2 is 1.73 bits per heavy atom. The van der Waals surface area contributed by atoms with E-state index in [1.807, 2.05) is 25.1 Å². The van der Waals surface area contributed by atoms with Crippen LogP contribution in [0.15, 0.2) is 30.3 Å². The first-order valence-corrected chi connectivity index (χ1v) is 7.58. The molecule has 0 aromatic heterocycles. The molecule has 0 bridgehead atoms. The number of unbranched alkanes of at least 4 members (excludes halogenated alkanes) is 1. The number of carbonyl (C=O) groups is 2. The number of hydrazine groups is 1. The molecule has 2 rings (SSSR count). The fourth-order valence-corrected chi connectivity index (χ4v) is 1.94. The van der Waals surface area contributed by atoms with Gasteiger partial charge in [0.25, 0.3) is 11.8 Å². The van der Waals surface area contributed by atoms with Gasteiger partial charge in [0.1, 0.15) is 5.92 Å². The Morgan fingerprint density at radius 1 is 1.18 bits per heavy atom. The molecule has 1 N–H and O–H groups in total. The van der Waals surface area contributed by atoms with Gasteiger partial charge in [0.15, 0.2) is 0 Å². The van der Waals surface area contributed by atoms with E-state index in [1.165, 1.54) is 5.01 Å². The second-order valence-electron chi connectivity index (χ2n) is 4.40. The predicted molar refractivity (Wildman–Crippen MR) is 72.0 cm³/mol. The van der Waals surface area contributed by atoms with Crippen molar-refractivity contribution in [1.82, 2.24) is 5.43 Å². The Balaban J connectivity index is 0.000000791. The Bertz CT molecular complexity index is 472. The van der Waals surface area contributed by atoms with Crippen molar-refractivity contribution in [2.24, 2.45) is 5.92 Å². The van der Waals surface area contributed by atoms with E-state index in [9.17, 15) is 9.59 Å². The van der Waals surface area contributed by atoms with Crippen LogP contribution >= 0.6 is 8.60 Å². The van der Waals surface area contributed by atoms with Crippen LogP contribution in [-0.2, 0) is 28.1 Å². The molecule has 1 aromatic carbocycles. The quantitative estimate of drug-likeness (QED) is 0.554. The van der Waals surface area contributed by atoms with E-state index in [4.69, 9.17) is 14.7 Å². The van der Waals surface area contributed by atoms with E-state index in [2.05, 4.69) is 5.43 Å². The zero-order chi connectivity index (χ0) is 15.8. The zero-order valence-corrected chi connectivity index (χ0v) is 14.3. The molecule has 7 nitrogen and oxygen atoms in total. The van der Waals surface area contributed by atoms with Gasteiger partial charge < -0.3 is 23.3 Å². The molecule has 1 aliphatic rings. The molecule has 0 spiro atoms. The van der Waals surface area contributed by atoms with Gasteiger partial charge >= 0.3 is 18.6 Å². The molecule has 22 heavy (non-hydrogen) atoms. The molecule has 1 atom stereocenters. The van der Waals surface area contributed by atoms with Crippen molar-refractivity contribution < 1.29 is 42.8 Å². The molecule has 2 amide bonds. The summed E-state index contributed by atoms with van der Waals surface area (Å²) < 4.78 is 0. The number of hydrogen-bond acceptors (Lipinski definition) is 5. The maximum Gasteiger partial charge on any atom is 3.00 e. The van der Waals surface area contributed by atoms with Gasteiger partial charge in [-0.05, 0) is 18.6 Å². The van der Waals surface area contributed by atoms with Crippen LogP contribution in [0, 0.1) is 5.92 Å². The van der Waals surface area contributed by atoms with Crippen LogP contribution in [0.1, 0.15) is 26.2 Å². The first kappa shape index (κ1) is 21.1. The molecule has 1 heterocycles. The summed E-state index contributed by atoms with van der Waals surface area (Å²) in [7, 11) is -3.37. The van der Waals surface area contributed by atoms with Crippen LogP contribution in [-0.4, -0.2) is 11.8 Å². The normalized spacial score (nSPS) is 16.8. The van der Waals surface area contributed by atoms with Gasteiger partial charge in [0, 0.05) is 0 Å². The number of benzene rings is 1. The molecule has 1 unspecified atom stereocenters. The molecular formula is C13H16N2O5PV. The van der Waals surface area contributed by atoms with Crippen LogP contribution in [0.5, 0.6) is 0 Å². The third-order valence-corrected chi connectivity index (χ3v) is 2.92. The van der Waals surface area contributed by atoms with Gasteiger partial charge in [-0.1, -0.05) is 38.0 Å². The van der Waals surface area contributed by atoms with Crippen molar-refractivity contribution in [3.63, 3.8) is 0 Å². The van der Waals surface area contributed by atoms with Gasteiger partial charge in [-0.15, -0.1) is 0 Å². The number of carbonyl (C=O) groups excluding carboxylic acids is 2. The van der Waals surface area contributed by atoms with Gasteiger partial charge in [0.05, 0.1) is 5.69 Å². The number of anilines is 1. The summed E-state index contributed by atoms with van der Waals surface area (Å²) in [5.41, 5.74) is 3.34. The Kier molecular flexibility index (Phi) is 10.3. The number of nitrogens with zero attached hydrogens (tertiary/aromatic N) is 1. The number of rotatable bonds is 4. The summed E-state index contributed by atoms with van der Waals surface area (Å²) in [6.07, 6.45) is 2.51. The van der Waals surface area contributed by atoms with Crippen LogP contribution < -0.4 is 25.1 Å². The topological polar surface area (TPSA) is 119 Å².